The number of anilines is 1. The lowest BCUT2D eigenvalue weighted by molar-refractivity contribution is -0.119. The van der Waals surface area contributed by atoms with Gasteiger partial charge in [-0.05, 0) is 42.5 Å². The van der Waals surface area contributed by atoms with E-state index in [1.54, 1.807) is 30.3 Å². The van der Waals surface area contributed by atoms with Gasteiger partial charge in [-0.3, -0.25) is 9.59 Å². The smallest absolute Gasteiger partial charge is 0.250 e. The largest absolute Gasteiger partial charge is 0.456 e. The molecule has 0 saturated carbocycles. The third-order valence-corrected chi connectivity index (χ3v) is 3.42. The van der Waals surface area contributed by atoms with Crippen LogP contribution >= 0.6 is 0 Å². The van der Waals surface area contributed by atoms with Crippen LogP contribution in [0.15, 0.2) is 57.7 Å². The molecule has 0 spiro atoms. The second kappa shape index (κ2) is 6.64. The molecule has 0 aliphatic heterocycles. The molecule has 3 rings (SSSR count). The summed E-state index contributed by atoms with van der Waals surface area (Å²) in [6.07, 6.45) is 0. The van der Waals surface area contributed by atoms with Gasteiger partial charge in [0.05, 0.1) is 5.39 Å². The van der Waals surface area contributed by atoms with Crippen LogP contribution in [-0.4, -0.2) is 19.6 Å². The quantitative estimate of drug-likeness (QED) is 0.799. The average molecular weight is 327 g/mol. The lowest BCUT2D eigenvalue weighted by atomic mass is 10.1. The number of amides is 1. The Morgan fingerprint density at radius 1 is 1.17 bits per heavy atom. The molecule has 1 N–H and O–H groups in total. The molecule has 1 heterocycles. The molecule has 5 nitrogen and oxygen atoms in total. The highest BCUT2D eigenvalue weighted by Crippen LogP contribution is 2.24. The van der Waals surface area contributed by atoms with Crippen LogP contribution in [-0.2, 0) is 9.53 Å². The summed E-state index contributed by atoms with van der Waals surface area (Å²) in [5.74, 6) is -0.328. The van der Waals surface area contributed by atoms with Crippen molar-refractivity contribution in [2.75, 3.05) is 19.0 Å². The summed E-state index contributed by atoms with van der Waals surface area (Å²) in [6.45, 7) is -0.0733. The molecule has 1 aromatic heterocycles. The number of methoxy groups -OCH3 is 1. The van der Waals surface area contributed by atoms with Crippen LogP contribution in [0.5, 0.6) is 0 Å². The van der Waals surface area contributed by atoms with Crippen LogP contribution in [0, 0.1) is 5.82 Å². The maximum Gasteiger partial charge on any atom is 0.250 e. The SMILES string of the molecule is COCC(=O)Nc1ccc2oc(-c3ccc(F)cc3)cc(=O)c2c1. The average Bonchev–Trinajstić information content (AvgIpc) is 2.56. The van der Waals surface area contributed by atoms with E-state index >= 15 is 0 Å². The van der Waals surface area contributed by atoms with Crippen molar-refractivity contribution >= 4 is 22.6 Å². The Labute approximate surface area is 136 Å². The minimum absolute atomic E-state index is 0.0733. The van der Waals surface area contributed by atoms with Gasteiger partial charge in [-0.2, -0.15) is 0 Å². The van der Waals surface area contributed by atoms with Crippen molar-refractivity contribution in [3.05, 3.63) is 64.6 Å². The van der Waals surface area contributed by atoms with Crippen LogP contribution in [0.25, 0.3) is 22.3 Å². The molecular formula is C18H14FNO4. The summed E-state index contributed by atoms with van der Waals surface area (Å²) < 4.78 is 23.5. The van der Waals surface area contributed by atoms with Crippen molar-refractivity contribution in [1.82, 2.24) is 0 Å². The van der Waals surface area contributed by atoms with Crippen LogP contribution < -0.4 is 10.7 Å². The van der Waals surface area contributed by atoms with Crippen LogP contribution in [0.1, 0.15) is 0 Å². The summed E-state index contributed by atoms with van der Waals surface area (Å²) in [5, 5.41) is 2.97. The lowest BCUT2D eigenvalue weighted by Crippen LogP contribution is -2.17. The monoisotopic (exact) mass is 327 g/mol. The molecule has 24 heavy (non-hydrogen) atoms. The topological polar surface area (TPSA) is 68.5 Å². The molecule has 1 amide bonds. The Kier molecular flexibility index (Phi) is 4.39. The van der Waals surface area contributed by atoms with Gasteiger partial charge < -0.3 is 14.5 Å². The lowest BCUT2D eigenvalue weighted by Gasteiger charge is -2.07. The van der Waals surface area contributed by atoms with Crippen LogP contribution in [0.4, 0.5) is 10.1 Å². The van der Waals surface area contributed by atoms with Crippen molar-refractivity contribution in [2.24, 2.45) is 0 Å². The van der Waals surface area contributed by atoms with Gasteiger partial charge in [0, 0.05) is 24.4 Å². The predicted octanol–water partition coefficient (Wildman–Crippen LogP) is 3.18. The maximum absolute atomic E-state index is 13.0. The number of carbonyl (C=O) groups is 1. The Bertz CT molecular complexity index is 947. The molecule has 6 heteroatoms. The zero-order valence-corrected chi connectivity index (χ0v) is 12.8. The number of halogens is 1. The molecule has 0 unspecified atom stereocenters. The molecular weight excluding hydrogens is 313 g/mol. The summed E-state index contributed by atoms with van der Waals surface area (Å²) in [5.41, 5.74) is 1.21. The number of rotatable bonds is 4. The molecule has 0 radical (unpaired) electrons. The molecule has 0 aliphatic carbocycles. The molecule has 2 aromatic carbocycles. The fourth-order valence-corrected chi connectivity index (χ4v) is 2.32. The molecule has 0 bridgehead atoms. The van der Waals surface area contributed by atoms with Crippen molar-refractivity contribution in [1.29, 1.82) is 0 Å². The second-order valence-electron chi connectivity index (χ2n) is 5.17. The number of benzene rings is 2. The number of ether oxygens (including phenoxy) is 1. The second-order valence-corrected chi connectivity index (χ2v) is 5.17. The summed E-state index contributed by atoms with van der Waals surface area (Å²) in [4.78, 5) is 23.9. The van der Waals surface area contributed by atoms with Gasteiger partial charge in [-0.15, -0.1) is 0 Å². The highest BCUT2D eigenvalue weighted by molar-refractivity contribution is 5.94. The van der Waals surface area contributed by atoms with Gasteiger partial charge in [0.2, 0.25) is 5.91 Å². The Hall–Kier alpha value is -2.99. The molecule has 122 valence electrons. The summed E-state index contributed by atoms with van der Waals surface area (Å²) in [7, 11) is 1.42. The highest BCUT2D eigenvalue weighted by Gasteiger charge is 2.09. The first-order valence-electron chi connectivity index (χ1n) is 7.19. The Morgan fingerprint density at radius 3 is 2.62 bits per heavy atom. The normalized spacial score (nSPS) is 10.8. The number of nitrogens with one attached hydrogen (secondary N) is 1. The summed E-state index contributed by atoms with van der Waals surface area (Å²) in [6, 6.07) is 11.8. The Balaban J connectivity index is 1.99. The van der Waals surface area contributed by atoms with Crippen LogP contribution in [0.3, 0.4) is 0 Å². The third kappa shape index (κ3) is 3.33. The van der Waals surface area contributed by atoms with Gasteiger partial charge in [0.1, 0.15) is 23.8 Å². The standard InChI is InChI=1S/C18H14FNO4/c1-23-10-18(22)20-13-6-7-16-14(8-13)15(21)9-17(24-16)11-2-4-12(19)5-3-11/h2-9H,10H2,1H3,(H,20,22). The van der Waals surface area contributed by atoms with E-state index in [2.05, 4.69) is 5.32 Å². The molecule has 3 aromatic rings. The van der Waals surface area contributed by atoms with Crippen molar-refractivity contribution in [2.45, 2.75) is 0 Å². The first-order chi connectivity index (χ1) is 11.6. The van der Waals surface area contributed by atoms with E-state index in [0.717, 1.165) is 0 Å². The molecule has 0 saturated heterocycles. The Morgan fingerprint density at radius 2 is 1.92 bits per heavy atom. The van der Waals surface area contributed by atoms with Gasteiger partial charge in [-0.25, -0.2) is 4.39 Å². The first-order valence-corrected chi connectivity index (χ1v) is 7.19. The highest BCUT2D eigenvalue weighted by atomic mass is 19.1. The zero-order chi connectivity index (χ0) is 17.1. The fraction of sp³-hybridized carbons (Fsp3) is 0.111. The number of hydrogen-bond acceptors (Lipinski definition) is 4. The van der Waals surface area contributed by atoms with E-state index in [-0.39, 0.29) is 23.8 Å². The van der Waals surface area contributed by atoms with E-state index in [1.165, 1.54) is 25.3 Å². The minimum atomic E-state index is -0.363. The van der Waals surface area contributed by atoms with Crippen molar-refractivity contribution in [3.8, 4) is 11.3 Å². The third-order valence-electron chi connectivity index (χ3n) is 3.42. The van der Waals surface area contributed by atoms with Crippen molar-refractivity contribution < 1.29 is 18.3 Å². The van der Waals surface area contributed by atoms with E-state index in [1.807, 2.05) is 0 Å². The number of carbonyl (C=O) groups excluding carboxylic acids is 1. The van der Waals surface area contributed by atoms with Gasteiger partial charge in [-0.1, -0.05) is 0 Å². The number of hydrogen-bond donors (Lipinski definition) is 1. The molecule has 0 fully saturated rings. The minimum Gasteiger partial charge on any atom is -0.456 e. The van der Waals surface area contributed by atoms with E-state index in [0.29, 0.717) is 28.0 Å². The fourth-order valence-electron chi connectivity index (χ4n) is 2.32. The zero-order valence-electron chi connectivity index (χ0n) is 12.8. The van der Waals surface area contributed by atoms with E-state index < -0.39 is 0 Å². The van der Waals surface area contributed by atoms with Gasteiger partial charge in [0.25, 0.3) is 0 Å². The van der Waals surface area contributed by atoms with Crippen molar-refractivity contribution in [3.63, 3.8) is 0 Å². The first kappa shape index (κ1) is 15.9. The predicted molar refractivity (Wildman–Crippen MR) is 88.4 cm³/mol. The molecule has 0 aliphatic rings. The molecule has 0 atom stereocenters. The van der Waals surface area contributed by atoms with E-state index in [4.69, 9.17) is 9.15 Å². The van der Waals surface area contributed by atoms with Crippen LogP contribution in [0.2, 0.25) is 0 Å². The number of fused-ring (bicyclic) bond motifs is 1. The summed E-state index contributed by atoms with van der Waals surface area (Å²) >= 11 is 0. The maximum atomic E-state index is 13.0. The van der Waals surface area contributed by atoms with Gasteiger partial charge >= 0.3 is 0 Å². The van der Waals surface area contributed by atoms with Gasteiger partial charge in [0.15, 0.2) is 5.43 Å². The van der Waals surface area contributed by atoms with E-state index in [9.17, 15) is 14.0 Å².